The van der Waals surface area contributed by atoms with Crippen LogP contribution in [0.5, 0.6) is 0 Å². The quantitative estimate of drug-likeness (QED) is 0.713. The smallest absolute Gasteiger partial charge is 0.232 e. The number of nitrogens with zero attached hydrogens (tertiary/aromatic N) is 1. The highest BCUT2D eigenvalue weighted by molar-refractivity contribution is 8.00. The number of benzene rings is 1. The second-order valence-corrected chi connectivity index (χ2v) is 7.34. The van der Waals surface area contributed by atoms with Crippen LogP contribution in [0, 0.1) is 18.8 Å². The monoisotopic (exact) mass is 289 g/mol. The molecule has 108 valence electrons. The number of hydrogen-bond donors (Lipinski definition) is 0. The summed E-state index contributed by atoms with van der Waals surface area (Å²) in [7, 11) is 0. The summed E-state index contributed by atoms with van der Waals surface area (Å²) in [5.41, 5.74) is 1.27. The highest BCUT2D eigenvalue weighted by Crippen LogP contribution is 2.34. The molecule has 2 nitrogen and oxygen atoms in total. The Balaban J connectivity index is 1.50. The first kappa shape index (κ1) is 14.0. The van der Waals surface area contributed by atoms with Crippen molar-refractivity contribution in [2.24, 2.45) is 11.8 Å². The zero-order chi connectivity index (χ0) is 13.9. The molecule has 0 N–H and O–H groups in total. The van der Waals surface area contributed by atoms with Crippen LogP contribution in [0.15, 0.2) is 29.2 Å². The maximum absolute atomic E-state index is 12.4. The first-order valence-corrected chi connectivity index (χ1v) is 8.66. The van der Waals surface area contributed by atoms with Crippen LogP contribution >= 0.6 is 11.8 Å². The van der Waals surface area contributed by atoms with E-state index < -0.39 is 0 Å². The van der Waals surface area contributed by atoms with Gasteiger partial charge in [0, 0.05) is 18.0 Å². The summed E-state index contributed by atoms with van der Waals surface area (Å²) < 4.78 is 0. The molecule has 0 unspecified atom stereocenters. The van der Waals surface area contributed by atoms with Crippen molar-refractivity contribution in [3.8, 4) is 0 Å². The molecular formula is C17H23NOS. The van der Waals surface area contributed by atoms with Crippen molar-refractivity contribution in [3.05, 3.63) is 29.8 Å². The number of carbonyl (C=O) groups excluding carboxylic acids is 1. The Hall–Kier alpha value is -0.960. The third kappa shape index (κ3) is 4.27. The zero-order valence-corrected chi connectivity index (χ0v) is 13.0. The molecule has 0 aliphatic heterocycles. The van der Waals surface area contributed by atoms with Crippen LogP contribution in [0.25, 0.3) is 0 Å². The first-order valence-electron chi connectivity index (χ1n) is 7.68. The van der Waals surface area contributed by atoms with E-state index in [1.165, 1.54) is 36.1 Å². The number of rotatable bonds is 7. The average Bonchev–Trinajstić information content (AvgIpc) is 3.32. The summed E-state index contributed by atoms with van der Waals surface area (Å²) in [6, 6.07) is 8.44. The minimum atomic E-state index is 0.328. The Bertz CT molecular complexity index is 448. The second-order valence-electron chi connectivity index (χ2n) is 6.29. The van der Waals surface area contributed by atoms with E-state index in [0.717, 1.165) is 24.9 Å². The van der Waals surface area contributed by atoms with Crippen LogP contribution in [0.2, 0.25) is 0 Å². The molecule has 2 aliphatic carbocycles. The topological polar surface area (TPSA) is 20.3 Å². The van der Waals surface area contributed by atoms with Crippen molar-refractivity contribution in [1.29, 1.82) is 0 Å². The fourth-order valence-corrected chi connectivity index (χ4v) is 3.17. The van der Waals surface area contributed by atoms with Gasteiger partial charge in [0.05, 0.1) is 5.75 Å². The van der Waals surface area contributed by atoms with Crippen LogP contribution in [-0.2, 0) is 4.79 Å². The van der Waals surface area contributed by atoms with Crippen LogP contribution in [0.3, 0.4) is 0 Å². The Labute approximate surface area is 125 Å². The second kappa shape index (κ2) is 6.21. The van der Waals surface area contributed by atoms with E-state index in [-0.39, 0.29) is 0 Å². The molecule has 3 heteroatoms. The minimum absolute atomic E-state index is 0.328. The van der Waals surface area contributed by atoms with E-state index >= 15 is 0 Å². The standard InChI is InChI=1S/C17H23NOS/c1-13-2-8-16(9-3-13)20-12-17(19)18(10-14-4-5-14)11-15-6-7-15/h2-3,8-9,14-15H,4-7,10-12H2,1H3. The molecule has 3 rings (SSSR count). The van der Waals surface area contributed by atoms with E-state index in [1.54, 1.807) is 11.8 Å². The van der Waals surface area contributed by atoms with Crippen molar-refractivity contribution in [3.63, 3.8) is 0 Å². The van der Waals surface area contributed by atoms with Crippen molar-refractivity contribution >= 4 is 17.7 Å². The van der Waals surface area contributed by atoms with Crippen molar-refractivity contribution < 1.29 is 4.79 Å². The van der Waals surface area contributed by atoms with Gasteiger partial charge in [0.15, 0.2) is 0 Å². The zero-order valence-electron chi connectivity index (χ0n) is 12.2. The highest BCUT2D eigenvalue weighted by Gasteiger charge is 2.31. The molecule has 0 atom stereocenters. The maximum atomic E-state index is 12.4. The molecule has 0 aromatic heterocycles. The molecule has 20 heavy (non-hydrogen) atoms. The fourth-order valence-electron chi connectivity index (χ4n) is 2.37. The summed E-state index contributed by atoms with van der Waals surface area (Å²) in [6.45, 7) is 4.10. The van der Waals surface area contributed by atoms with Gasteiger partial charge in [0.1, 0.15) is 0 Å². The van der Waals surface area contributed by atoms with Gasteiger partial charge in [0.2, 0.25) is 5.91 Å². The van der Waals surface area contributed by atoms with Gasteiger partial charge in [-0.25, -0.2) is 0 Å². The molecule has 2 saturated carbocycles. The molecule has 1 amide bonds. The van der Waals surface area contributed by atoms with Gasteiger partial charge < -0.3 is 4.90 Å². The normalized spacial score (nSPS) is 18.1. The Morgan fingerprint density at radius 2 is 1.65 bits per heavy atom. The number of carbonyl (C=O) groups is 1. The summed E-state index contributed by atoms with van der Waals surface area (Å²) in [6.07, 6.45) is 5.28. The van der Waals surface area contributed by atoms with Gasteiger partial charge in [-0.2, -0.15) is 0 Å². The molecule has 2 aliphatic rings. The lowest BCUT2D eigenvalue weighted by Gasteiger charge is -2.22. The Morgan fingerprint density at radius 3 is 2.15 bits per heavy atom. The number of thioether (sulfide) groups is 1. The Kier molecular flexibility index (Phi) is 4.35. The van der Waals surface area contributed by atoms with Crippen LogP contribution in [0.1, 0.15) is 31.2 Å². The van der Waals surface area contributed by atoms with Gasteiger partial charge in [-0.05, 0) is 56.6 Å². The van der Waals surface area contributed by atoms with Crippen molar-refractivity contribution in [1.82, 2.24) is 4.90 Å². The SMILES string of the molecule is Cc1ccc(SCC(=O)N(CC2CC2)CC2CC2)cc1. The fraction of sp³-hybridized carbons (Fsp3) is 0.588. The van der Waals surface area contributed by atoms with Crippen molar-refractivity contribution in [2.75, 3.05) is 18.8 Å². The highest BCUT2D eigenvalue weighted by atomic mass is 32.2. The lowest BCUT2D eigenvalue weighted by molar-refractivity contribution is -0.128. The predicted octanol–water partition coefficient (Wildman–Crippen LogP) is 3.74. The lowest BCUT2D eigenvalue weighted by Crippen LogP contribution is -2.35. The Morgan fingerprint density at radius 1 is 1.10 bits per heavy atom. The van der Waals surface area contributed by atoms with Gasteiger partial charge in [0.25, 0.3) is 0 Å². The van der Waals surface area contributed by atoms with Gasteiger partial charge >= 0.3 is 0 Å². The largest absolute Gasteiger partial charge is 0.341 e. The molecule has 1 aromatic rings. The van der Waals surface area contributed by atoms with E-state index in [4.69, 9.17) is 0 Å². The maximum Gasteiger partial charge on any atom is 0.232 e. The van der Waals surface area contributed by atoms with Gasteiger partial charge in [-0.15, -0.1) is 11.8 Å². The van der Waals surface area contributed by atoms with E-state index in [1.807, 2.05) is 0 Å². The van der Waals surface area contributed by atoms with Gasteiger partial charge in [-0.3, -0.25) is 4.79 Å². The van der Waals surface area contributed by atoms with Gasteiger partial charge in [-0.1, -0.05) is 17.7 Å². The molecule has 0 spiro atoms. The summed E-state index contributed by atoms with van der Waals surface area (Å²) in [5, 5.41) is 0. The lowest BCUT2D eigenvalue weighted by atomic mass is 10.2. The summed E-state index contributed by atoms with van der Waals surface area (Å²) in [4.78, 5) is 15.7. The first-order chi connectivity index (χ1) is 9.70. The molecule has 1 aromatic carbocycles. The number of aryl methyl sites for hydroxylation is 1. The van der Waals surface area contributed by atoms with E-state index in [2.05, 4.69) is 36.1 Å². The molecule has 0 radical (unpaired) electrons. The third-order valence-corrected chi connectivity index (χ3v) is 5.08. The number of hydrogen-bond acceptors (Lipinski definition) is 2. The minimum Gasteiger partial charge on any atom is -0.341 e. The van der Waals surface area contributed by atoms with Crippen LogP contribution < -0.4 is 0 Å². The number of amides is 1. The van der Waals surface area contributed by atoms with E-state index in [9.17, 15) is 4.79 Å². The molecule has 2 fully saturated rings. The van der Waals surface area contributed by atoms with Crippen LogP contribution in [-0.4, -0.2) is 29.6 Å². The molecule has 0 heterocycles. The molecular weight excluding hydrogens is 266 g/mol. The van der Waals surface area contributed by atoms with E-state index in [0.29, 0.717) is 11.7 Å². The van der Waals surface area contributed by atoms with Crippen LogP contribution in [0.4, 0.5) is 0 Å². The average molecular weight is 289 g/mol. The predicted molar refractivity (Wildman–Crippen MR) is 83.9 cm³/mol. The summed E-state index contributed by atoms with van der Waals surface area (Å²) in [5.74, 6) is 2.50. The molecule has 0 bridgehead atoms. The summed E-state index contributed by atoms with van der Waals surface area (Å²) >= 11 is 1.67. The van der Waals surface area contributed by atoms with Crippen molar-refractivity contribution in [2.45, 2.75) is 37.5 Å². The molecule has 0 saturated heterocycles. The third-order valence-electron chi connectivity index (χ3n) is 4.09.